The highest BCUT2D eigenvalue weighted by molar-refractivity contribution is 4.99. The average molecular weight is 128 g/mol. The third kappa shape index (κ3) is 1.95. The summed E-state index contributed by atoms with van der Waals surface area (Å²) >= 11 is 0. The molecule has 0 unspecified atom stereocenters. The van der Waals surface area contributed by atoms with Crippen LogP contribution in [0.5, 0.6) is 0 Å². The minimum atomic E-state index is -1.66. The van der Waals surface area contributed by atoms with Crippen LogP contribution in [-0.4, -0.2) is 13.3 Å². The van der Waals surface area contributed by atoms with Gasteiger partial charge in [0.05, 0.1) is 0 Å². The normalized spacial score (nSPS) is 13.5. The summed E-state index contributed by atoms with van der Waals surface area (Å²) in [6, 6.07) is 0. The van der Waals surface area contributed by atoms with Crippen molar-refractivity contribution in [2.75, 3.05) is 13.3 Å². The molecule has 0 rings (SSSR count). The Morgan fingerprint density at radius 1 is 0.875 bits per heavy atom. The minimum absolute atomic E-state index is 1.57. The maximum Gasteiger partial charge on any atom is 0.165 e. The largest absolute Gasteiger partial charge is 0.243 e. The zero-order valence-corrected chi connectivity index (χ0v) is 3.93. The van der Waals surface area contributed by atoms with Crippen LogP contribution in [0.4, 0.5) is 17.6 Å². The zero-order valence-electron chi connectivity index (χ0n) is 3.93. The maximum absolute atomic E-state index is 11.4. The lowest BCUT2D eigenvalue weighted by Crippen LogP contribution is -1.83. The molecule has 0 radical (unpaired) electrons. The molecule has 0 amide bonds. The van der Waals surface area contributed by atoms with Gasteiger partial charge in [-0.05, 0) is 0 Å². The van der Waals surface area contributed by atoms with E-state index in [1.165, 1.54) is 0 Å². The number of rotatable bonds is 2. The summed E-state index contributed by atoms with van der Waals surface area (Å²) in [6.45, 7) is -3.15. The summed E-state index contributed by atoms with van der Waals surface area (Å²) in [5, 5.41) is 0. The molecule has 0 spiro atoms. The Bertz CT molecular complexity index is 84.2. The van der Waals surface area contributed by atoms with E-state index in [1.54, 1.807) is 0 Å². The predicted molar refractivity (Wildman–Crippen MR) is 21.2 cm³/mol. The van der Waals surface area contributed by atoms with Gasteiger partial charge in [-0.1, -0.05) is 0 Å². The second-order valence-electron chi connectivity index (χ2n) is 1.08. The van der Waals surface area contributed by atoms with Gasteiger partial charge in [-0.25, -0.2) is 17.6 Å². The van der Waals surface area contributed by atoms with Gasteiger partial charge in [0.1, 0.15) is 13.3 Å². The van der Waals surface area contributed by atoms with Gasteiger partial charge in [0, 0.05) is 0 Å². The molecular formula is C4H4F4. The van der Waals surface area contributed by atoms with Crippen molar-refractivity contribution >= 4 is 0 Å². The van der Waals surface area contributed by atoms with Crippen molar-refractivity contribution in [3.05, 3.63) is 11.7 Å². The Balaban J connectivity index is 3.83. The Hall–Kier alpha value is -0.540. The fourth-order valence-corrected chi connectivity index (χ4v) is 0.145. The Labute approximate surface area is 43.8 Å². The molecule has 4 heteroatoms. The minimum Gasteiger partial charge on any atom is -0.243 e. The summed E-state index contributed by atoms with van der Waals surface area (Å²) < 4.78 is 44.8. The third-order valence-corrected chi connectivity index (χ3v) is 0.529. The van der Waals surface area contributed by atoms with E-state index < -0.39 is 25.0 Å². The molecule has 0 bridgehead atoms. The second-order valence-corrected chi connectivity index (χ2v) is 1.08. The monoisotopic (exact) mass is 128 g/mol. The second kappa shape index (κ2) is 3.46. The van der Waals surface area contributed by atoms with Crippen LogP contribution in [-0.2, 0) is 0 Å². The van der Waals surface area contributed by atoms with Gasteiger partial charge in [0.2, 0.25) is 0 Å². The van der Waals surface area contributed by atoms with Gasteiger partial charge in [-0.3, -0.25) is 0 Å². The number of allylic oxidation sites excluding steroid dienone is 2. The molecule has 0 aromatic heterocycles. The fourth-order valence-electron chi connectivity index (χ4n) is 0.145. The number of hydrogen-bond acceptors (Lipinski definition) is 0. The molecule has 0 atom stereocenters. The van der Waals surface area contributed by atoms with Gasteiger partial charge in [0.15, 0.2) is 11.7 Å². The van der Waals surface area contributed by atoms with E-state index in [0.717, 1.165) is 0 Å². The molecule has 0 saturated heterocycles. The molecule has 8 heavy (non-hydrogen) atoms. The summed E-state index contributed by atoms with van der Waals surface area (Å²) in [7, 11) is 0. The Kier molecular flexibility index (Phi) is 3.23. The number of hydrogen-bond donors (Lipinski definition) is 0. The SMILES string of the molecule is FC/C(F)=C(/F)CF. The first-order chi connectivity index (χ1) is 3.72. The van der Waals surface area contributed by atoms with Crippen molar-refractivity contribution in [3.8, 4) is 0 Å². The highest BCUT2D eigenvalue weighted by Crippen LogP contribution is 2.07. The highest BCUT2D eigenvalue weighted by Gasteiger charge is 2.02. The summed E-state index contributed by atoms with van der Waals surface area (Å²) in [6.07, 6.45) is 0. The average Bonchev–Trinajstić information content (AvgIpc) is 1.84. The molecule has 0 saturated carbocycles. The van der Waals surface area contributed by atoms with E-state index in [1.807, 2.05) is 0 Å². The van der Waals surface area contributed by atoms with Crippen molar-refractivity contribution in [1.82, 2.24) is 0 Å². The van der Waals surface area contributed by atoms with E-state index >= 15 is 0 Å². The maximum atomic E-state index is 11.4. The van der Waals surface area contributed by atoms with Gasteiger partial charge in [0.25, 0.3) is 0 Å². The van der Waals surface area contributed by atoms with E-state index in [-0.39, 0.29) is 0 Å². The lowest BCUT2D eigenvalue weighted by atomic mass is 10.5. The molecule has 0 aromatic carbocycles. The van der Waals surface area contributed by atoms with E-state index in [2.05, 4.69) is 0 Å². The number of halogens is 4. The van der Waals surface area contributed by atoms with Crippen molar-refractivity contribution in [3.63, 3.8) is 0 Å². The fraction of sp³-hybridized carbons (Fsp3) is 0.500. The Morgan fingerprint density at radius 3 is 1.25 bits per heavy atom. The first-order valence-electron chi connectivity index (χ1n) is 1.87. The molecule has 0 N–H and O–H groups in total. The van der Waals surface area contributed by atoms with Crippen LogP contribution in [0.3, 0.4) is 0 Å². The quantitative estimate of drug-likeness (QED) is 0.499. The molecule has 0 aliphatic carbocycles. The first-order valence-corrected chi connectivity index (χ1v) is 1.87. The molecular weight excluding hydrogens is 124 g/mol. The van der Waals surface area contributed by atoms with Gasteiger partial charge < -0.3 is 0 Å². The van der Waals surface area contributed by atoms with Crippen molar-refractivity contribution in [1.29, 1.82) is 0 Å². The molecule has 0 aliphatic rings. The molecule has 0 aromatic rings. The molecule has 0 nitrogen and oxygen atoms in total. The molecule has 0 fully saturated rings. The zero-order chi connectivity index (χ0) is 6.57. The van der Waals surface area contributed by atoms with Crippen LogP contribution in [0.1, 0.15) is 0 Å². The van der Waals surface area contributed by atoms with Crippen LogP contribution in [0.25, 0.3) is 0 Å². The topological polar surface area (TPSA) is 0 Å². The van der Waals surface area contributed by atoms with Crippen LogP contribution in [0.15, 0.2) is 11.7 Å². The van der Waals surface area contributed by atoms with Crippen LogP contribution in [0, 0.1) is 0 Å². The van der Waals surface area contributed by atoms with Crippen LogP contribution in [0.2, 0.25) is 0 Å². The summed E-state index contributed by atoms with van der Waals surface area (Å²) in [5.74, 6) is -3.32. The van der Waals surface area contributed by atoms with E-state index in [4.69, 9.17) is 0 Å². The van der Waals surface area contributed by atoms with Crippen molar-refractivity contribution in [2.45, 2.75) is 0 Å². The van der Waals surface area contributed by atoms with E-state index in [9.17, 15) is 17.6 Å². The van der Waals surface area contributed by atoms with Crippen LogP contribution < -0.4 is 0 Å². The molecule has 0 heterocycles. The highest BCUT2D eigenvalue weighted by atomic mass is 19.2. The van der Waals surface area contributed by atoms with Gasteiger partial charge >= 0.3 is 0 Å². The van der Waals surface area contributed by atoms with Gasteiger partial charge in [-0.15, -0.1) is 0 Å². The van der Waals surface area contributed by atoms with Crippen molar-refractivity contribution in [2.24, 2.45) is 0 Å². The lowest BCUT2D eigenvalue weighted by Gasteiger charge is -1.86. The summed E-state index contributed by atoms with van der Waals surface area (Å²) in [5.41, 5.74) is 0. The van der Waals surface area contributed by atoms with Gasteiger partial charge in [-0.2, -0.15) is 0 Å². The predicted octanol–water partition coefficient (Wildman–Crippen LogP) is 2.08. The molecule has 48 valence electrons. The Morgan fingerprint density at radius 2 is 1.12 bits per heavy atom. The third-order valence-electron chi connectivity index (χ3n) is 0.529. The smallest absolute Gasteiger partial charge is 0.165 e. The van der Waals surface area contributed by atoms with Crippen LogP contribution >= 0.6 is 0 Å². The van der Waals surface area contributed by atoms with Crippen molar-refractivity contribution < 1.29 is 17.6 Å². The lowest BCUT2D eigenvalue weighted by molar-refractivity contribution is 0.389. The first kappa shape index (κ1) is 7.46. The number of alkyl halides is 2. The standard InChI is InChI=1S/C4H4F4/c5-1-3(7)4(8)2-6/h1-2H2/b4-3-. The summed E-state index contributed by atoms with van der Waals surface area (Å²) in [4.78, 5) is 0. The van der Waals surface area contributed by atoms with E-state index in [0.29, 0.717) is 0 Å². The molecule has 0 aliphatic heterocycles.